The Morgan fingerprint density at radius 2 is 1.77 bits per heavy atom. The molecule has 0 bridgehead atoms. The molecular weight excluding hydrogens is 518 g/mol. The monoisotopic (exact) mass is 549 g/mol. The number of amides is 1. The molecule has 0 spiro atoms. The van der Waals surface area contributed by atoms with Gasteiger partial charge in [0, 0.05) is 68.2 Å². The van der Waals surface area contributed by atoms with Crippen molar-refractivity contribution in [3.8, 4) is 11.3 Å². The minimum atomic E-state index is -0.676. The van der Waals surface area contributed by atoms with Gasteiger partial charge in [-0.1, -0.05) is 11.6 Å². The van der Waals surface area contributed by atoms with E-state index in [1.54, 1.807) is 41.3 Å². The summed E-state index contributed by atoms with van der Waals surface area (Å²) < 4.78 is 8.93. The average Bonchev–Trinajstić information content (AvgIpc) is 3.47. The van der Waals surface area contributed by atoms with Gasteiger partial charge in [-0.25, -0.2) is 14.3 Å². The Morgan fingerprint density at radius 3 is 2.41 bits per heavy atom. The third kappa shape index (κ3) is 5.76. The SMILES string of the molecule is CN1CCN(C(=O)c2ccc(Nc3cc4c(cn3)cc(-c3cnn(C)c3)n4C(=O)OC(C)(C)C)c(Cl)c2)CC1. The highest BCUT2D eigenvalue weighted by molar-refractivity contribution is 6.33. The van der Waals surface area contributed by atoms with E-state index >= 15 is 0 Å². The number of carbonyl (C=O) groups is 2. The van der Waals surface area contributed by atoms with Crippen LogP contribution in [0.25, 0.3) is 22.2 Å². The number of benzene rings is 1. The van der Waals surface area contributed by atoms with E-state index in [1.807, 2.05) is 45.0 Å². The van der Waals surface area contributed by atoms with E-state index in [2.05, 4.69) is 27.3 Å². The summed E-state index contributed by atoms with van der Waals surface area (Å²) >= 11 is 6.59. The molecule has 4 aromatic rings. The van der Waals surface area contributed by atoms with Crippen molar-refractivity contribution in [3.05, 3.63) is 59.5 Å². The van der Waals surface area contributed by atoms with E-state index < -0.39 is 11.7 Å². The molecule has 0 aliphatic carbocycles. The van der Waals surface area contributed by atoms with Crippen molar-refractivity contribution >= 4 is 46.0 Å². The molecule has 0 atom stereocenters. The third-order valence-corrected chi connectivity index (χ3v) is 6.84. The number of ether oxygens (including phenoxy) is 1. The lowest BCUT2D eigenvalue weighted by Crippen LogP contribution is -2.47. The standard InChI is InChI=1S/C28H32ClN7O3/c1-28(2,3)39-27(38)36-23(20-16-31-34(5)17-20)13-19-15-30-25(14-24(19)36)32-22-7-6-18(12-21(22)29)26(37)35-10-8-33(4)9-11-35/h6-7,12-17H,8-11H2,1-5H3,(H,30,32). The zero-order valence-electron chi connectivity index (χ0n) is 22.7. The van der Waals surface area contributed by atoms with Gasteiger partial charge in [0.25, 0.3) is 5.91 Å². The molecule has 1 fully saturated rings. The highest BCUT2D eigenvalue weighted by Crippen LogP contribution is 2.32. The molecule has 1 aromatic carbocycles. The molecule has 3 aromatic heterocycles. The van der Waals surface area contributed by atoms with Gasteiger partial charge >= 0.3 is 6.09 Å². The lowest BCUT2D eigenvalue weighted by molar-refractivity contribution is 0.0546. The lowest BCUT2D eigenvalue weighted by atomic mass is 10.1. The van der Waals surface area contributed by atoms with Crippen LogP contribution in [0, 0.1) is 0 Å². The van der Waals surface area contributed by atoms with Crippen LogP contribution >= 0.6 is 11.6 Å². The molecule has 0 unspecified atom stereocenters. The van der Waals surface area contributed by atoms with Gasteiger partial charge in [0.05, 0.1) is 28.1 Å². The second kappa shape index (κ2) is 10.3. The normalized spacial score (nSPS) is 14.6. The molecule has 11 heteroatoms. The number of hydrogen-bond acceptors (Lipinski definition) is 7. The lowest BCUT2D eigenvalue weighted by Gasteiger charge is -2.32. The largest absolute Gasteiger partial charge is 0.443 e. The molecule has 1 amide bonds. The maximum atomic E-state index is 13.3. The van der Waals surface area contributed by atoms with E-state index in [4.69, 9.17) is 16.3 Å². The van der Waals surface area contributed by atoms with Crippen LogP contribution < -0.4 is 5.32 Å². The molecule has 0 radical (unpaired) electrons. The van der Waals surface area contributed by atoms with E-state index in [0.29, 0.717) is 46.4 Å². The van der Waals surface area contributed by atoms with Crippen molar-refractivity contribution in [1.82, 2.24) is 29.1 Å². The summed E-state index contributed by atoms with van der Waals surface area (Å²) in [7, 11) is 3.87. The number of piperazine rings is 1. The van der Waals surface area contributed by atoms with E-state index in [-0.39, 0.29) is 5.91 Å². The topological polar surface area (TPSA) is 97.5 Å². The summed E-state index contributed by atoms with van der Waals surface area (Å²) in [6.45, 7) is 8.56. The highest BCUT2D eigenvalue weighted by Gasteiger charge is 2.24. The first-order chi connectivity index (χ1) is 18.5. The van der Waals surface area contributed by atoms with Gasteiger partial charge in [-0.2, -0.15) is 5.10 Å². The Labute approximate surface area is 232 Å². The molecular formula is C28H32ClN7O3. The van der Waals surface area contributed by atoms with Crippen molar-refractivity contribution in [2.24, 2.45) is 7.05 Å². The van der Waals surface area contributed by atoms with Gasteiger partial charge in [-0.05, 0) is 52.1 Å². The summed E-state index contributed by atoms with van der Waals surface area (Å²) in [5, 5.41) is 8.65. The first-order valence-electron chi connectivity index (χ1n) is 12.8. The summed E-state index contributed by atoms with van der Waals surface area (Å²) in [6, 6.07) is 8.87. The molecule has 1 aliphatic rings. The summed E-state index contributed by atoms with van der Waals surface area (Å²) in [4.78, 5) is 34.9. The van der Waals surface area contributed by atoms with Crippen LogP contribution in [0.3, 0.4) is 0 Å². The van der Waals surface area contributed by atoms with Crippen LogP contribution in [0.5, 0.6) is 0 Å². The van der Waals surface area contributed by atoms with E-state index in [9.17, 15) is 9.59 Å². The van der Waals surface area contributed by atoms with Crippen LogP contribution in [0.15, 0.2) is 48.9 Å². The van der Waals surface area contributed by atoms with Crippen molar-refractivity contribution in [2.75, 3.05) is 38.5 Å². The third-order valence-electron chi connectivity index (χ3n) is 6.53. The minimum Gasteiger partial charge on any atom is -0.443 e. The Kier molecular flexibility index (Phi) is 7.09. The Hall–Kier alpha value is -3.89. The molecule has 10 nitrogen and oxygen atoms in total. The fourth-order valence-corrected chi connectivity index (χ4v) is 4.75. The van der Waals surface area contributed by atoms with Gasteiger partial charge in [-0.3, -0.25) is 9.48 Å². The molecule has 5 rings (SSSR count). The molecule has 204 valence electrons. The van der Waals surface area contributed by atoms with Crippen molar-refractivity contribution < 1.29 is 14.3 Å². The summed E-state index contributed by atoms with van der Waals surface area (Å²) in [6.07, 6.45) is 4.73. The van der Waals surface area contributed by atoms with Crippen LogP contribution in [-0.2, 0) is 11.8 Å². The molecule has 39 heavy (non-hydrogen) atoms. The van der Waals surface area contributed by atoms with Crippen LogP contribution in [0.1, 0.15) is 31.1 Å². The first-order valence-corrected chi connectivity index (χ1v) is 13.1. The van der Waals surface area contributed by atoms with Crippen molar-refractivity contribution in [1.29, 1.82) is 0 Å². The quantitative estimate of drug-likeness (QED) is 0.382. The summed E-state index contributed by atoms with van der Waals surface area (Å²) in [5.41, 5.74) is 2.51. The molecule has 1 N–H and O–H groups in total. The molecule has 4 heterocycles. The zero-order chi connectivity index (χ0) is 27.9. The molecule has 0 saturated carbocycles. The Morgan fingerprint density at radius 1 is 1.03 bits per heavy atom. The second-order valence-electron chi connectivity index (χ2n) is 10.8. The highest BCUT2D eigenvalue weighted by atomic mass is 35.5. The molecule has 1 aliphatic heterocycles. The number of aromatic nitrogens is 4. The second-order valence-corrected chi connectivity index (χ2v) is 11.2. The van der Waals surface area contributed by atoms with Gasteiger partial charge in [0.2, 0.25) is 0 Å². The number of aryl methyl sites for hydroxylation is 1. The number of hydrogen-bond donors (Lipinski definition) is 1. The number of likely N-dealkylation sites (N-methyl/N-ethyl adjacent to an activating group) is 1. The van der Waals surface area contributed by atoms with Crippen LogP contribution in [0.4, 0.5) is 16.3 Å². The fraction of sp³-hybridized carbons (Fsp3) is 0.357. The van der Waals surface area contributed by atoms with Gasteiger partial charge < -0.3 is 19.9 Å². The number of carbonyl (C=O) groups excluding carboxylic acids is 2. The number of nitrogens with one attached hydrogen (secondary N) is 1. The Balaban J connectivity index is 1.45. The van der Waals surface area contributed by atoms with Crippen LogP contribution in [-0.4, -0.2) is 80.0 Å². The van der Waals surface area contributed by atoms with Gasteiger partial charge in [-0.15, -0.1) is 0 Å². The zero-order valence-corrected chi connectivity index (χ0v) is 23.5. The maximum Gasteiger partial charge on any atom is 0.419 e. The van der Waals surface area contributed by atoms with E-state index in [0.717, 1.165) is 24.0 Å². The fourth-order valence-electron chi connectivity index (χ4n) is 4.52. The smallest absolute Gasteiger partial charge is 0.419 e. The number of pyridine rings is 1. The number of rotatable bonds is 4. The maximum absolute atomic E-state index is 13.3. The Bertz CT molecular complexity index is 1540. The van der Waals surface area contributed by atoms with Crippen molar-refractivity contribution in [2.45, 2.75) is 26.4 Å². The van der Waals surface area contributed by atoms with Gasteiger partial charge in [0.1, 0.15) is 11.4 Å². The van der Waals surface area contributed by atoms with Crippen LogP contribution in [0.2, 0.25) is 5.02 Å². The van der Waals surface area contributed by atoms with Crippen molar-refractivity contribution in [3.63, 3.8) is 0 Å². The first kappa shape index (κ1) is 26.7. The predicted molar refractivity (Wildman–Crippen MR) is 152 cm³/mol. The number of nitrogens with zero attached hydrogens (tertiary/aromatic N) is 6. The summed E-state index contributed by atoms with van der Waals surface area (Å²) in [5.74, 6) is 0.456. The van der Waals surface area contributed by atoms with Gasteiger partial charge in [0.15, 0.2) is 0 Å². The average molecular weight is 550 g/mol. The number of fused-ring (bicyclic) bond motifs is 1. The minimum absolute atomic E-state index is 0.0331. The number of anilines is 2. The predicted octanol–water partition coefficient (Wildman–Crippen LogP) is 5.00. The van der Waals surface area contributed by atoms with E-state index in [1.165, 1.54) is 4.57 Å². The number of halogens is 1. The molecule has 1 saturated heterocycles.